The highest BCUT2D eigenvalue weighted by Crippen LogP contribution is 2.36. The van der Waals surface area contributed by atoms with Gasteiger partial charge in [0.25, 0.3) is 0 Å². The van der Waals surface area contributed by atoms with Crippen LogP contribution in [0.3, 0.4) is 0 Å². The molecule has 0 aliphatic rings. The van der Waals surface area contributed by atoms with Gasteiger partial charge in [-0.3, -0.25) is 0 Å². The maximum Gasteiger partial charge on any atom is 0.240 e. The zero-order chi connectivity index (χ0) is 20.4. The molecule has 0 fully saturated rings. The molecule has 0 atom stereocenters. The summed E-state index contributed by atoms with van der Waals surface area (Å²) in [7, 11) is -2.39. The zero-order valence-corrected chi connectivity index (χ0v) is 17.5. The van der Waals surface area contributed by atoms with Crippen molar-refractivity contribution in [3.05, 3.63) is 71.1 Å². The largest absolute Gasteiger partial charge is 0.497 e. The minimum Gasteiger partial charge on any atom is -0.497 e. The molecule has 0 aliphatic heterocycles. The van der Waals surface area contributed by atoms with Crippen LogP contribution in [0, 0.1) is 0 Å². The fourth-order valence-corrected chi connectivity index (χ4v) is 4.66. The lowest BCUT2D eigenvalue weighted by atomic mass is 10.3. The van der Waals surface area contributed by atoms with E-state index in [1.54, 1.807) is 31.4 Å². The highest BCUT2D eigenvalue weighted by Gasteiger charge is 2.29. The molecule has 0 amide bonds. The third-order valence-electron chi connectivity index (χ3n) is 4.03. The molecule has 2 aromatic heterocycles. The van der Waals surface area contributed by atoms with Crippen LogP contribution in [-0.2, 0) is 9.84 Å². The van der Waals surface area contributed by atoms with Crippen LogP contribution in [0.1, 0.15) is 0 Å². The minimum atomic E-state index is -3.95. The molecule has 2 aromatic carbocycles. The predicted octanol–water partition coefficient (Wildman–Crippen LogP) is 5.64. The van der Waals surface area contributed by atoms with Gasteiger partial charge < -0.3 is 14.5 Å². The first-order valence-electron chi connectivity index (χ1n) is 8.44. The number of ether oxygens (including phenoxy) is 1. The third-order valence-corrected chi connectivity index (χ3v) is 6.82. The van der Waals surface area contributed by atoms with E-state index in [0.717, 1.165) is 4.88 Å². The van der Waals surface area contributed by atoms with Gasteiger partial charge in [-0.25, -0.2) is 8.42 Å². The van der Waals surface area contributed by atoms with Crippen LogP contribution in [0.15, 0.2) is 80.4 Å². The minimum absolute atomic E-state index is 0.0246. The van der Waals surface area contributed by atoms with Gasteiger partial charge in [0.05, 0.1) is 16.9 Å². The van der Waals surface area contributed by atoms with Gasteiger partial charge in [-0.15, -0.1) is 11.3 Å². The summed E-state index contributed by atoms with van der Waals surface area (Å²) in [5.74, 6) is 0.865. The quantitative estimate of drug-likeness (QED) is 0.412. The second-order valence-corrected chi connectivity index (χ2v) is 9.19. The smallest absolute Gasteiger partial charge is 0.240 e. The Bertz CT molecular complexity index is 1230. The molecule has 0 aliphatic carbocycles. The third kappa shape index (κ3) is 4.00. The van der Waals surface area contributed by atoms with Crippen LogP contribution in [0.25, 0.3) is 10.8 Å². The van der Waals surface area contributed by atoms with Crippen LogP contribution in [0.2, 0.25) is 5.02 Å². The summed E-state index contributed by atoms with van der Waals surface area (Å²) in [5, 5.41) is 5.11. The summed E-state index contributed by atoms with van der Waals surface area (Å²) in [6.07, 6.45) is 0. The monoisotopic (exact) mass is 446 g/mol. The van der Waals surface area contributed by atoms with Crippen molar-refractivity contribution in [2.45, 2.75) is 9.92 Å². The van der Waals surface area contributed by atoms with Gasteiger partial charge in [0.15, 0.2) is 0 Å². The normalized spacial score (nSPS) is 11.4. The number of methoxy groups -OCH3 is 1. The van der Waals surface area contributed by atoms with Crippen molar-refractivity contribution in [3.63, 3.8) is 0 Å². The number of halogens is 1. The van der Waals surface area contributed by atoms with Crippen LogP contribution >= 0.6 is 22.9 Å². The fourth-order valence-electron chi connectivity index (χ4n) is 2.63. The predicted molar refractivity (Wildman–Crippen MR) is 113 cm³/mol. The molecule has 4 rings (SSSR count). The maximum atomic E-state index is 13.2. The van der Waals surface area contributed by atoms with E-state index in [1.807, 2.05) is 17.5 Å². The second-order valence-electron chi connectivity index (χ2n) is 5.94. The molecule has 1 N–H and O–H groups in total. The average Bonchev–Trinajstić information content (AvgIpc) is 3.38. The van der Waals surface area contributed by atoms with Gasteiger partial charge in [-0.2, -0.15) is 4.98 Å². The summed E-state index contributed by atoms with van der Waals surface area (Å²) in [5.41, 5.74) is 0.603. The number of nitrogens with one attached hydrogen (secondary N) is 1. The van der Waals surface area contributed by atoms with Crippen molar-refractivity contribution < 1.29 is 17.6 Å². The maximum absolute atomic E-state index is 13.2. The first-order valence-corrected chi connectivity index (χ1v) is 11.2. The highest BCUT2D eigenvalue weighted by molar-refractivity contribution is 7.91. The number of hydrogen-bond donors (Lipinski definition) is 1. The van der Waals surface area contributed by atoms with Gasteiger partial charge in [0.1, 0.15) is 5.75 Å². The van der Waals surface area contributed by atoms with E-state index in [2.05, 4.69) is 10.3 Å². The van der Waals surface area contributed by atoms with E-state index in [1.165, 1.54) is 35.6 Å². The van der Waals surface area contributed by atoms with E-state index in [-0.39, 0.29) is 21.7 Å². The fraction of sp³-hybridized carbons (Fsp3) is 0.0500. The lowest BCUT2D eigenvalue weighted by Crippen LogP contribution is -2.05. The van der Waals surface area contributed by atoms with Gasteiger partial charge >= 0.3 is 0 Å². The molecule has 0 saturated heterocycles. The van der Waals surface area contributed by atoms with Gasteiger partial charge in [0, 0.05) is 16.8 Å². The van der Waals surface area contributed by atoms with E-state index in [4.69, 9.17) is 20.8 Å². The van der Waals surface area contributed by atoms with E-state index in [0.29, 0.717) is 16.5 Å². The van der Waals surface area contributed by atoms with E-state index < -0.39 is 9.84 Å². The lowest BCUT2D eigenvalue weighted by molar-refractivity contribution is 0.415. The summed E-state index contributed by atoms with van der Waals surface area (Å²) in [4.78, 5) is 5.08. The Labute approximate surface area is 176 Å². The summed E-state index contributed by atoms with van der Waals surface area (Å²) < 4.78 is 37.5. The molecular formula is C20H15ClN2O4S2. The average molecular weight is 447 g/mol. The Morgan fingerprint density at radius 2 is 1.90 bits per heavy atom. The first-order chi connectivity index (χ1) is 14.0. The topological polar surface area (TPSA) is 81.4 Å². The van der Waals surface area contributed by atoms with Crippen LogP contribution in [0.5, 0.6) is 5.75 Å². The highest BCUT2D eigenvalue weighted by atomic mass is 35.5. The molecule has 0 unspecified atom stereocenters. The summed E-state index contributed by atoms with van der Waals surface area (Å²) >= 11 is 7.30. The Hall–Kier alpha value is -2.81. The van der Waals surface area contributed by atoms with Crippen molar-refractivity contribution >= 4 is 44.3 Å². The second kappa shape index (κ2) is 7.90. The Balaban J connectivity index is 1.82. The van der Waals surface area contributed by atoms with Gasteiger partial charge in [-0.05, 0) is 47.8 Å². The molecule has 148 valence electrons. The van der Waals surface area contributed by atoms with E-state index in [9.17, 15) is 8.42 Å². The molecule has 9 heteroatoms. The van der Waals surface area contributed by atoms with E-state index >= 15 is 0 Å². The molecule has 0 radical (unpaired) electrons. The Morgan fingerprint density at radius 3 is 2.59 bits per heavy atom. The van der Waals surface area contributed by atoms with Crippen LogP contribution in [0.4, 0.5) is 11.6 Å². The van der Waals surface area contributed by atoms with Crippen molar-refractivity contribution in [2.75, 3.05) is 12.4 Å². The molecule has 6 nitrogen and oxygen atoms in total. The summed E-state index contributed by atoms with van der Waals surface area (Å²) in [6, 6.07) is 16.6. The Morgan fingerprint density at radius 1 is 1.10 bits per heavy atom. The van der Waals surface area contributed by atoms with Gasteiger partial charge in [-0.1, -0.05) is 23.7 Å². The Kier molecular flexibility index (Phi) is 5.31. The number of nitrogens with zero attached hydrogens (tertiary/aromatic N) is 1. The van der Waals surface area contributed by atoms with Crippen LogP contribution < -0.4 is 10.1 Å². The van der Waals surface area contributed by atoms with Crippen molar-refractivity contribution in [2.24, 2.45) is 0 Å². The number of rotatable bonds is 6. The molecule has 0 bridgehead atoms. The van der Waals surface area contributed by atoms with Crippen LogP contribution in [-0.4, -0.2) is 20.5 Å². The number of aromatic nitrogens is 1. The number of anilines is 2. The molecule has 0 spiro atoms. The summed E-state index contributed by atoms with van der Waals surface area (Å²) in [6.45, 7) is 0. The zero-order valence-electron chi connectivity index (χ0n) is 15.1. The van der Waals surface area contributed by atoms with Crippen molar-refractivity contribution in [1.82, 2.24) is 4.98 Å². The number of sulfone groups is 1. The molecule has 29 heavy (non-hydrogen) atoms. The van der Waals surface area contributed by atoms with Crippen molar-refractivity contribution in [3.8, 4) is 16.5 Å². The van der Waals surface area contributed by atoms with Gasteiger partial charge in [0.2, 0.25) is 26.6 Å². The molecular weight excluding hydrogens is 432 g/mol. The molecule has 0 saturated carbocycles. The SMILES string of the molecule is COc1cccc(Nc2oc(-c3cccs3)nc2S(=O)(=O)c2ccc(Cl)cc2)c1. The first kappa shape index (κ1) is 19.5. The molecule has 4 aromatic rings. The number of benzene rings is 2. The van der Waals surface area contributed by atoms with Crippen molar-refractivity contribution in [1.29, 1.82) is 0 Å². The molecule has 2 heterocycles. The number of thiophene rings is 1. The number of hydrogen-bond acceptors (Lipinski definition) is 7. The standard InChI is InChI=1S/C20H15ClN2O4S2/c1-26-15-5-2-4-14(12-15)22-19-20(23-18(27-19)17-6-3-11-28-17)29(24,25)16-9-7-13(21)8-10-16/h2-12,22H,1H3. The number of oxazole rings is 1. The lowest BCUT2D eigenvalue weighted by Gasteiger charge is -2.07.